The molecule has 2 amide bonds. The average molecular weight is 382 g/mol. The fourth-order valence-electron chi connectivity index (χ4n) is 3.29. The number of ether oxygens (including phenoxy) is 2. The molecular formula is C22H26N2O4. The third kappa shape index (κ3) is 4.63. The molecule has 0 spiro atoms. The van der Waals surface area contributed by atoms with E-state index in [-0.39, 0.29) is 18.6 Å². The molecule has 148 valence electrons. The zero-order valence-electron chi connectivity index (χ0n) is 16.5. The lowest BCUT2D eigenvalue weighted by atomic mass is 10.1. The lowest BCUT2D eigenvalue weighted by Crippen LogP contribution is -2.46. The zero-order valence-corrected chi connectivity index (χ0v) is 16.5. The molecule has 1 aliphatic rings. The Hall–Kier alpha value is -3.02. The van der Waals surface area contributed by atoms with Gasteiger partial charge in [-0.15, -0.1) is 0 Å². The number of benzene rings is 2. The number of aryl methyl sites for hydroxylation is 2. The fourth-order valence-corrected chi connectivity index (χ4v) is 3.29. The zero-order chi connectivity index (χ0) is 20.1. The first-order chi connectivity index (χ1) is 13.5. The van der Waals surface area contributed by atoms with Crippen molar-refractivity contribution in [3.8, 4) is 11.5 Å². The summed E-state index contributed by atoms with van der Waals surface area (Å²) in [6.07, 6.45) is 0.882. The number of nitrogens with zero attached hydrogens (tertiary/aromatic N) is 1. The van der Waals surface area contributed by atoms with Gasteiger partial charge < -0.3 is 19.7 Å². The highest BCUT2D eigenvalue weighted by atomic mass is 16.7. The SMILES string of the molecule is CNC(=O)[C@H](C)N(Cc1cccc(C)c1)C(=O)CCc1ccc2c(c1)OCO2. The van der Waals surface area contributed by atoms with Gasteiger partial charge in [0.15, 0.2) is 11.5 Å². The normalized spacial score (nSPS) is 13.1. The number of fused-ring (bicyclic) bond motifs is 1. The van der Waals surface area contributed by atoms with E-state index in [2.05, 4.69) is 5.32 Å². The summed E-state index contributed by atoms with van der Waals surface area (Å²) in [5.41, 5.74) is 3.13. The van der Waals surface area contributed by atoms with E-state index < -0.39 is 6.04 Å². The third-order valence-corrected chi connectivity index (χ3v) is 4.91. The van der Waals surface area contributed by atoms with Crippen LogP contribution in [0.1, 0.15) is 30.0 Å². The summed E-state index contributed by atoms with van der Waals surface area (Å²) in [6.45, 7) is 4.40. The number of nitrogens with one attached hydrogen (secondary N) is 1. The molecule has 0 aromatic heterocycles. The van der Waals surface area contributed by atoms with E-state index in [1.54, 1.807) is 18.9 Å². The maximum Gasteiger partial charge on any atom is 0.242 e. The number of carbonyl (C=O) groups excluding carboxylic acids is 2. The molecule has 0 saturated carbocycles. The van der Waals surface area contributed by atoms with Crippen LogP contribution in [0.2, 0.25) is 0 Å². The number of rotatable bonds is 7. The molecule has 3 rings (SSSR count). The van der Waals surface area contributed by atoms with Crippen LogP contribution in [0.3, 0.4) is 0 Å². The van der Waals surface area contributed by atoms with Crippen molar-refractivity contribution in [3.63, 3.8) is 0 Å². The van der Waals surface area contributed by atoms with E-state index in [9.17, 15) is 9.59 Å². The molecular weight excluding hydrogens is 356 g/mol. The summed E-state index contributed by atoms with van der Waals surface area (Å²) in [6, 6.07) is 13.1. The maximum absolute atomic E-state index is 13.0. The Balaban J connectivity index is 1.71. The molecule has 0 bridgehead atoms. The lowest BCUT2D eigenvalue weighted by molar-refractivity contribution is -0.140. The summed E-state index contributed by atoms with van der Waals surface area (Å²) < 4.78 is 10.7. The minimum Gasteiger partial charge on any atom is -0.454 e. The van der Waals surface area contributed by atoms with Gasteiger partial charge in [0.25, 0.3) is 0 Å². The predicted octanol–water partition coefficient (Wildman–Crippen LogP) is 2.82. The Morgan fingerprint density at radius 2 is 1.89 bits per heavy atom. The van der Waals surface area contributed by atoms with E-state index in [0.717, 1.165) is 22.4 Å². The third-order valence-electron chi connectivity index (χ3n) is 4.91. The van der Waals surface area contributed by atoms with Crippen LogP contribution in [0.5, 0.6) is 11.5 Å². The van der Waals surface area contributed by atoms with Crippen molar-refractivity contribution >= 4 is 11.8 Å². The van der Waals surface area contributed by atoms with Crippen LogP contribution in [0.15, 0.2) is 42.5 Å². The van der Waals surface area contributed by atoms with Gasteiger partial charge in [0.1, 0.15) is 6.04 Å². The Bertz CT molecular complexity index is 865. The van der Waals surface area contributed by atoms with E-state index in [0.29, 0.717) is 25.1 Å². The second-order valence-electron chi connectivity index (χ2n) is 6.99. The second kappa shape index (κ2) is 8.78. The van der Waals surface area contributed by atoms with Gasteiger partial charge in [-0.2, -0.15) is 0 Å². The minimum absolute atomic E-state index is 0.0599. The van der Waals surface area contributed by atoms with E-state index in [1.165, 1.54) is 0 Å². The highest BCUT2D eigenvalue weighted by Gasteiger charge is 2.25. The van der Waals surface area contributed by atoms with Crippen molar-refractivity contribution in [1.29, 1.82) is 0 Å². The molecule has 0 unspecified atom stereocenters. The van der Waals surface area contributed by atoms with Crippen molar-refractivity contribution in [2.24, 2.45) is 0 Å². The molecule has 0 fully saturated rings. The van der Waals surface area contributed by atoms with Gasteiger partial charge in [-0.3, -0.25) is 9.59 Å². The number of amides is 2. The van der Waals surface area contributed by atoms with Gasteiger partial charge >= 0.3 is 0 Å². The van der Waals surface area contributed by atoms with Gasteiger partial charge in [0.2, 0.25) is 18.6 Å². The molecule has 1 atom stereocenters. The smallest absolute Gasteiger partial charge is 0.242 e. The molecule has 1 N–H and O–H groups in total. The van der Waals surface area contributed by atoms with Crippen molar-refractivity contribution < 1.29 is 19.1 Å². The second-order valence-corrected chi connectivity index (χ2v) is 6.99. The van der Waals surface area contributed by atoms with Crippen molar-refractivity contribution in [1.82, 2.24) is 10.2 Å². The monoisotopic (exact) mass is 382 g/mol. The molecule has 6 nitrogen and oxygen atoms in total. The summed E-state index contributed by atoms with van der Waals surface area (Å²) in [7, 11) is 1.58. The number of likely N-dealkylation sites (N-methyl/N-ethyl adjacent to an activating group) is 1. The first-order valence-electron chi connectivity index (χ1n) is 9.43. The van der Waals surface area contributed by atoms with Crippen LogP contribution in [-0.4, -0.2) is 36.6 Å². The molecule has 0 radical (unpaired) electrons. The summed E-state index contributed by atoms with van der Waals surface area (Å²) in [5.74, 6) is 1.20. The largest absolute Gasteiger partial charge is 0.454 e. The topological polar surface area (TPSA) is 67.9 Å². The Kier molecular flexibility index (Phi) is 6.19. The number of hydrogen-bond donors (Lipinski definition) is 1. The molecule has 0 aliphatic carbocycles. The van der Waals surface area contributed by atoms with Crippen molar-refractivity contribution in [3.05, 3.63) is 59.2 Å². The summed E-state index contributed by atoms with van der Waals surface area (Å²) in [5, 5.41) is 2.64. The fraction of sp³-hybridized carbons (Fsp3) is 0.364. The Labute approximate surface area is 165 Å². The van der Waals surface area contributed by atoms with Crippen LogP contribution in [0, 0.1) is 6.92 Å². The number of carbonyl (C=O) groups is 2. The van der Waals surface area contributed by atoms with Crippen LogP contribution < -0.4 is 14.8 Å². The van der Waals surface area contributed by atoms with Crippen LogP contribution >= 0.6 is 0 Å². The van der Waals surface area contributed by atoms with Crippen molar-refractivity contribution in [2.45, 2.75) is 39.3 Å². The first kappa shape index (κ1) is 19.7. The molecule has 6 heteroatoms. The Morgan fingerprint density at radius 1 is 1.11 bits per heavy atom. The molecule has 1 heterocycles. The van der Waals surface area contributed by atoms with E-state index >= 15 is 0 Å². The van der Waals surface area contributed by atoms with Crippen molar-refractivity contribution in [2.75, 3.05) is 13.8 Å². The van der Waals surface area contributed by atoms with Crippen LogP contribution in [-0.2, 0) is 22.6 Å². The molecule has 2 aromatic rings. The van der Waals surface area contributed by atoms with Gasteiger partial charge in [-0.05, 0) is 43.5 Å². The van der Waals surface area contributed by atoms with Gasteiger partial charge in [0.05, 0.1) is 0 Å². The Morgan fingerprint density at radius 3 is 2.64 bits per heavy atom. The molecule has 2 aromatic carbocycles. The van der Waals surface area contributed by atoms with Gasteiger partial charge in [-0.1, -0.05) is 35.9 Å². The van der Waals surface area contributed by atoms with Crippen LogP contribution in [0.4, 0.5) is 0 Å². The highest BCUT2D eigenvalue weighted by Crippen LogP contribution is 2.32. The van der Waals surface area contributed by atoms with Gasteiger partial charge in [-0.25, -0.2) is 0 Å². The number of hydrogen-bond acceptors (Lipinski definition) is 4. The predicted molar refractivity (Wildman–Crippen MR) is 106 cm³/mol. The van der Waals surface area contributed by atoms with Crippen LogP contribution in [0.25, 0.3) is 0 Å². The molecule has 1 aliphatic heterocycles. The standard InChI is InChI=1S/C22H26N2O4/c1-15-5-4-6-18(11-15)13-24(16(2)22(26)23-3)21(25)10-8-17-7-9-19-20(12-17)28-14-27-19/h4-7,9,11-12,16H,8,10,13-14H2,1-3H3,(H,23,26)/t16-/m0/s1. The molecule has 28 heavy (non-hydrogen) atoms. The van der Waals surface area contributed by atoms with E-state index in [1.807, 2.05) is 49.4 Å². The first-order valence-corrected chi connectivity index (χ1v) is 9.43. The quantitative estimate of drug-likeness (QED) is 0.800. The maximum atomic E-state index is 13.0. The highest BCUT2D eigenvalue weighted by molar-refractivity contribution is 5.87. The lowest BCUT2D eigenvalue weighted by Gasteiger charge is -2.28. The summed E-state index contributed by atoms with van der Waals surface area (Å²) >= 11 is 0. The molecule has 0 saturated heterocycles. The minimum atomic E-state index is -0.547. The van der Waals surface area contributed by atoms with E-state index in [4.69, 9.17) is 9.47 Å². The summed E-state index contributed by atoms with van der Waals surface area (Å²) in [4.78, 5) is 26.8. The average Bonchev–Trinajstić information content (AvgIpc) is 3.17. The van der Waals surface area contributed by atoms with Gasteiger partial charge in [0, 0.05) is 20.0 Å².